The first kappa shape index (κ1) is 12.0. The Morgan fingerprint density at radius 3 is 3.00 bits per heavy atom. The van der Waals surface area contributed by atoms with Crippen LogP contribution in [-0.4, -0.2) is 4.98 Å². The lowest BCUT2D eigenvalue weighted by molar-refractivity contribution is 0.525. The topological polar surface area (TPSA) is 24.9 Å². The number of thiophene rings is 1. The van der Waals surface area contributed by atoms with Gasteiger partial charge in [-0.15, -0.1) is 22.7 Å². The van der Waals surface area contributed by atoms with E-state index in [-0.39, 0.29) is 0 Å². The molecule has 0 aliphatic carbocycles. The van der Waals surface area contributed by atoms with Crippen molar-refractivity contribution < 1.29 is 0 Å². The predicted octanol–water partition coefficient (Wildman–Crippen LogP) is 4.10. The second kappa shape index (κ2) is 5.77. The maximum absolute atomic E-state index is 5.84. The summed E-state index contributed by atoms with van der Waals surface area (Å²) in [6.45, 7) is 2.97. The summed E-state index contributed by atoms with van der Waals surface area (Å²) in [5, 5.41) is 6.65. The van der Waals surface area contributed by atoms with Crippen LogP contribution in [-0.2, 0) is 6.54 Å². The third-order valence-electron chi connectivity index (χ3n) is 2.32. The van der Waals surface area contributed by atoms with E-state index in [1.54, 1.807) is 17.5 Å². The molecule has 86 valence electrons. The molecule has 0 aliphatic heterocycles. The van der Waals surface area contributed by atoms with Crippen LogP contribution in [0.2, 0.25) is 4.34 Å². The van der Waals surface area contributed by atoms with Gasteiger partial charge >= 0.3 is 0 Å². The zero-order chi connectivity index (χ0) is 11.4. The maximum atomic E-state index is 5.84. The number of aromatic nitrogens is 1. The summed E-state index contributed by atoms with van der Waals surface area (Å²) in [5.41, 5.74) is 0. The van der Waals surface area contributed by atoms with Crippen molar-refractivity contribution in [2.24, 2.45) is 0 Å². The normalized spacial score (nSPS) is 12.9. The Balaban J connectivity index is 1.93. The summed E-state index contributed by atoms with van der Waals surface area (Å²) in [7, 11) is 0. The molecule has 1 N–H and O–H groups in total. The van der Waals surface area contributed by atoms with Crippen LogP contribution in [0.15, 0.2) is 23.7 Å². The van der Waals surface area contributed by atoms with Crippen LogP contribution in [0.3, 0.4) is 0 Å². The molecule has 2 rings (SSSR count). The van der Waals surface area contributed by atoms with E-state index < -0.39 is 0 Å². The molecule has 16 heavy (non-hydrogen) atoms. The minimum atomic E-state index is 0.419. The van der Waals surface area contributed by atoms with Crippen molar-refractivity contribution in [3.05, 3.63) is 37.9 Å². The van der Waals surface area contributed by atoms with Gasteiger partial charge in [0.2, 0.25) is 0 Å². The summed E-state index contributed by atoms with van der Waals surface area (Å²) in [5.74, 6) is 0. The molecule has 5 heteroatoms. The average molecular weight is 273 g/mol. The predicted molar refractivity (Wildman–Crippen MR) is 71.3 cm³/mol. The van der Waals surface area contributed by atoms with Crippen LogP contribution in [0.5, 0.6) is 0 Å². The summed E-state index contributed by atoms with van der Waals surface area (Å²) in [6, 6.07) is 4.67. The minimum absolute atomic E-state index is 0.419. The van der Waals surface area contributed by atoms with Crippen molar-refractivity contribution in [1.82, 2.24) is 10.3 Å². The summed E-state index contributed by atoms with van der Waals surface area (Å²) in [4.78, 5) is 5.61. The first-order valence-corrected chi connectivity index (χ1v) is 7.24. The average Bonchev–Trinajstić information content (AvgIpc) is 2.91. The van der Waals surface area contributed by atoms with E-state index >= 15 is 0 Å². The van der Waals surface area contributed by atoms with E-state index in [0.29, 0.717) is 6.04 Å². The fourth-order valence-electron chi connectivity index (χ4n) is 1.52. The molecule has 0 fully saturated rings. The first-order chi connectivity index (χ1) is 7.79. The molecular formula is C11H13ClN2S2. The number of nitrogens with one attached hydrogen (secondary N) is 1. The first-order valence-electron chi connectivity index (χ1n) is 5.16. The molecular weight excluding hydrogens is 260 g/mol. The molecule has 0 saturated carbocycles. The molecule has 0 saturated heterocycles. The third-order valence-corrected chi connectivity index (χ3v) is 4.42. The van der Waals surface area contributed by atoms with Crippen molar-refractivity contribution in [2.45, 2.75) is 25.9 Å². The lowest BCUT2D eigenvalue weighted by Crippen LogP contribution is -2.19. The molecule has 2 aromatic heterocycles. The third kappa shape index (κ3) is 3.04. The summed E-state index contributed by atoms with van der Waals surface area (Å²) in [6.07, 6.45) is 2.79. The van der Waals surface area contributed by atoms with Crippen molar-refractivity contribution in [2.75, 3.05) is 0 Å². The Kier molecular flexibility index (Phi) is 4.35. The van der Waals surface area contributed by atoms with E-state index in [1.807, 2.05) is 0 Å². The zero-order valence-corrected chi connectivity index (χ0v) is 11.3. The molecule has 0 aromatic carbocycles. The number of hydrogen-bond donors (Lipinski definition) is 1. The van der Waals surface area contributed by atoms with Crippen LogP contribution < -0.4 is 5.32 Å². The number of halogens is 1. The summed E-state index contributed by atoms with van der Waals surface area (Å²) >= 11 is 9.16. The highest BCUT2D eigenvalue weighted by molar-refractivity contribution is 7.15. The van der Waals surface area contributed by atoms with Crippen molar-refractivity contribution in [3.8, 4) is 0 Å². The number of rotatable bonds is 5. The van der Waals surface area contributed by atoms with Gasteiger partial charge in [-0.05, 0) is 17.9 Å². The monoisotopic (exact) mass is 272 g/mol. The largest absolute Gasteiger partial charge is 0.303 e. The number of nitrogens with zero attached hydrogens (tertiary/aromatic N) is 1. The van der Waals surface area contributed by atoms with Crippen molar-refractivity contribution in [3.63, 3.8) is 0 Å². The molecule has 2 heterocycles. The Hall–Kier alpha value is -0.420. The van der Waals surface area contributed by atoms with E-state index in [2.05, 4.69) is 34.7 Å². The molecule has 0 aliphatic rings. The van der Waals surface area contributed by atoms with E-state index in [4.69, 9.17) is 11.6 Å². The highest BCUT2D eigenvalue weighted by Crippen LogP contribution is 2.23. The molecule has 0 amide bonds. The van der Waals surface area contributed by atoms with Gasteiger partial charge in [0.1, 0.15) is 9.34 Å². The van der Waals surface area contributed by atoms with E-state index in [0.717, 1.165) is 22.3 Å². The van der Waals surface area contributed by atoms with Gasteiger partial charge in [0.15, 0.2) is 0 Å². The highest BCUT2D eigenvalue weighted by atomic mass is 35.5. The lowest BCUT2D eigenvalue weighted by Gasteiger charge is -2.14. The molecule has 1 unspecified atom stereocenters. The van der Waals surface area contributed by atoms with Gasteiger partial charge in [-0.3, -0.25) is 0 Å². The summed E-state index contributed by atoms with van der Waals surface area (Å²) < 4.78 is 0.751. The van der Waals surface area contributed by atoms with Crippen LogP contribution in [0, 0.1) is 0 Å². The van der Waals surface area contributed by atoms with Gasteiger partial charge in [0.25, 0.3) is 0 Å². The van der Waals surface area contributed by atoms with Gasteiger partial charge < -0.3 is 5.32 Å². The Bertz CT molecular complexity index is 425. The zero-order valence-electron chi connectivity index (χ0n) is 8.94. The Morgan fingerprint density at radius 1 is 1.56 bits per heavy atom. The quantitative estimate of drug-likeness (QED) is 0.886. The van der Waals surface area contributed by atoms with Crippen molar-refractivity contribution in [1.29, 1.82) is 0 Å². The van der Waals surface area contributed by atoms with Gasteiger partial charge in [0.05, 0.1) is 6.20 Å². The van der Waals surface area contributed by atoms with Crippen LogP contribution >= 0.6 is 34.3 Å². The van der Waals surface area contributed by atoms with Crippen molar-refractivity contribution >= 4 is 34.3 Å². The standard InChI is InChI=1S/C11H13ClN2S2/c1-2-8(9-4-3-5-15-9)13-7-11-14-6-10(12)16-11/h3-6,8,13H,2,7H2,1H3. The van der Waals surface area contributed by atoms with Gasteiger partial charge in [-0.2, -0.15) is 0 Å². The maximum Gasteiger partial charge on any atom is 0.113 e. The van der Waals surface area contributed by atoms with Crippen LogP contribution in [0.1, 0.15) is 29.3 Å². The Morgan fingerprint density at radius 2 is 2.44 bits per heavy atom. The second-order valence-electron chi connectivity index (χ2n) is 3.42. The molecule has 0 spiro atoms. The van der Waals surface area contributed by atoms with Gasteiger partial charge in [-0.1, -0.05) is 24.6 Å². The molecule has 2 nitrogen and oxygen atoms in total. The smallest absolute Gasteiger partial charge is 0.113 e. The number of hydrogen-bond acceptors (Lipinski definition) is 4. The fraction of sp³-hybridized carbons (Fsp3) is 0.364. The van der Waals surface area contributed by atoms with E-state index in [9.17, 15) is 0 Å². The minimum Gasteiger partial charge on any atom is -0.303 e. The van der Waals surface area contributed by atoms with E-state index in [1.165, 1.54) is 16.2 Å². The fourth-order valence-corrected chi connectivity index (χ4v) is 3.31. The van der Waals surface area contributed by atoms with Gasteiger partial charge in [-0.25, -0.2) is 4.98 Å². The van der Waals surface area contributed by atoms with Crippen LogP contribution in [0.4, 0.5) is 0 Å². The number of thiazole rings is 1. The highest BCUT2D eigenvalue weighted by Gasteiger charge is 2.10. The van der Waals surface area contributed by atoms with Crippen LogP contribution in [0.25, 0.3) is 0 Å². The molecule has 0 bridgehead atoms. The molecule has 0 radical (unpaired) electrons. The molecule has 2 aromatic rings. The Labute approximate surface area is 108 Å². The second-order valence-corrected chi connectivity index (χ2v) is 6.14. The lowest BCUT2D eigenvalue weighted by atomic mass is 10.2. The molecule has 1 atom stereocenters. The van der Waals surface area contributed by atoms with Gasteiger partial charge in [0, 0.05) is 17.5 Å². The SMILES string of the molecule is CCC(NCc1ncc(Cl)s1)c1cccs1.